The molecule has 0 bridgehead atoms. The lowest BCUT2D eigenvalue weighted by Crippen LogP contribution is -2.58. The van der Waals surface area contributed by atoms with Gasteiger partial charge in [0.15, 0.2) is 0 Å². The molecule has 0 aromatic heterocycles. The van der Waals surface area contributed by atoms with E-state index in [0.717, 1.165) is 5.56 Å². The second kappa shape index (κ2) is 15.9. The topological polar surface area (TPSA) is 177 Å². The Labute approximate surface area is 213 Å². The highest BCUT2D eigenvalue weighted by atomic mass is 16.4. The Balaban J connectivity index is 3.12. The first kappa shape index (κ1) is 31.1. The predicted molar refractivity (Wildman–Crippen MR) is 139 cm³/mol. The van der Waals surface area contributed by atoms with E-state index in [4.69, 9.17) is 11.5 Å². The van der Waals surface area contributed by atoms with Crippen LogP contribution in [-0.2, 0) is 25.6 Å². The summed E-state index contributed by atoms with van der Waals surface area (Å²) >= 11 is 0. The van der Waals surface area contributed by atoms with Crippen LogP contribution in [0.1, 0.15) is 58.9 Å². The van der Waals surface area contributed by atoms with E-state index in [0.29, 0.717) is 25.8 Å². The van der Waals surface area contributed by atoms with Crippen molar-refractivity contribution in [3.8, 4) is 0 Å². The molecule has 0 radical (unpaired) electrons. The smallest absolute Gasteiger partial charge is 0.326 e. The summed E-state index contributed by atoms with van der Waals surface area (Å²) in [6.07, 6.45) is 2.38. The number of carbonyl (C=O) groups excluding carboxylic acids is 3. The van der Waals surface area contributed by atoms with Gasteiger partial charge in [-0.15, -0.1) is 0 Å². The van der Waals surface area contributed by atoms with Crippen LogP contribution in [-0.4, -0.2) is 59.5 Å². The normalized spacial score (nSPS) is 15.3. The lowest BCUT2D eigenvalue weighted by Gasteiger charge is -2.27. The van der Waals surface area contributed by atoms with Gasteiger partial charge in [0.2, 0.25) is 17.7 Å². The number of nitrogens with one attached hydrogen (secondary N) is 3. The van der Waals surface area contributed by atoms with Crippen molar-refractivity contribution in [2.45, 2.75) is 84.0 Å². The molecule has 10 heteroatoms. The van der Waals surface area contributed by atoms with Gasteiger partial charge in [0, 0.05) is 6.42 Å². The summed E-state index contributed by atoms with van der Waals surface area (Å²) in [5.41, 5.74) is 12.5. The number of hydrogen-bond donors (Lipinski definition) is 6. The molecule has 5 unspecified atom stereocenters. The molecule has 3 amide bonds. The summed E-state index contributed by atoms with van der Waals surface area (Å²) in [6, 6.07) is 5.35. The molecule has 0 aliphatic heterocycles. The Kier molecular flexibility index (Phi) is 13.7. The zero-order valence-corrected chi connectivity index (χ0v) is 21.8. The lowest BCUT2D eigenvalue weighted by molar-refractivity contribution is -0.143. The third kappa shape index (κ3) is 10.3. The molecule has 0 spiro atoms. The van der Waals surface area contributed by atoms with Gasteiger partial charge in [-0.05, 0) is 43.2 Å². The summed E-state index contributed by atoms with van der Waals surface area (Å²) in [5, 5.41) is 17.5. The zero-order chi connectivity index (χ0) is 27.3. The molecule has 1 aromatic rings. The van der Waals surface area contributed by atoms with Crippen LogP contribution in [0.2, 0.25) is 0 Å². The highest BCUT2D eigenvalue weighted by molar-refractivity contribution is 5.94. The Morgan fingerprint density at radius 2 is 1.47 bits per heavy atom. The van der Waals surface area contributed by atoms with Crippen molar-refractivity contribution >= 4 is 23.7 Å². The number of carboxylic acids is 1. The van der Waals surface area contributed by atoms with Gasteiger partial charge in [-0.1, -0.05) is 64.4 Å². The zero-order valence-electron chi connectivity index (χ0n) is 21.8. The number of carbonyl (C=O) groups is 4. The van der Waals surface area contributed by atoms with Crippen LogP contribution in [0.25, 0.3) is 0 Å². The third-order valence-electron chi connectivity index (χ3n) is 6.29. The minimum Gasteiger partial charge on any atom is -0.480 e. The minimum absolute atomic E-state index is 0.0794. The molecule has 0 aliphatic carbocycles. The second-order valence-electron chi connectivity index (χ2n) is 9.58. The van der Waals surface area contributed by atoms with E-state index in [2.05, 4.69) is 16.0 Å². The fourth-order valence-corrected chi connectivity index (χ4v) is 3.64. The molecule has 0 aliphatic rings. The molecule has 202 valence electrons. The predicted octanol–water partition coefficient (Wildman–Crippen LogP) is 0.927. The second-order valence-corrected chi connectivity index (χ2v) is 9.58. The molecule has 8 N–H and O–H groups in total. The molecule has 0 saturated heterocycles. The van der Waals surface area contributed by atoms with Crippen molar-refractivity contribution in [2.24, 2.45) is 23.3 Å². The Hall–Kier alpha value is -2.98. The lowest BCUT2D eigenvalue weighted by atomic mass is 9.98. The van der Waals surface area contributed by atoms with Gasteiger partial charge in [0.05, 0.1) is 6.04 Å². The standard InChI is InChI=1S/C26H43N5O5/c1-5-17(4)21(28)25(34)30-20(15-18-11-7-6-8-12-18)24(33)29-19(13-9-10-14-27)23(32)31-22(16(2)3)26(35)36/h6-8,11-12,16-17,19-22H,5,9-10,13-15,27-28H2,1-4H3,(H,29,33)(H,30,34)(H,31,32)(H,35,36). The fraction of sp³-hybridized carbons (Fsp3) is 0.615. The minimum atomic E-state index is -1.15. The largest absolute Gasteiger partial charge is 0.480 e. The Morgan fingerprint density at radius 3 is 2.00 bits per heavy atom. The summed E-state index contributed by atoms with van der Waals surface area (Å²) in [5.74, 6) is -3.17. The average molecular weight is 506 g/mol. The molecular formula is C26H43N5O5. The van der Waals surface area contributed by atoms with E-state index in [1.54, 1.807) is 13.8 Å². The number of nitrogens with two attached hydrogens (primary N) is 2. The summed E-state index contributed by atoms with van der Waals surface area (Å²) in [7, 11) is 0. The van der Waals surface area contributed by atoms with E-state index in [-0.39, 0.29) is 24.7 Å². The summed E-state index contributed by atoms with van der Waals surface area (Å²) < 4.78 is 0. The van der Waals surface area contributed by atoms with E-state index >= 15 is 0 Å². The van der Waals surface area contributed by atoms with E-state index in [1.165, 1.54) is 0 Å². The number of rotatable bonds is 16. The van der Waals surface area contributed by atoms with E-state index in [1.807, 2.05) is 44.2 Å². The number of unbranched alkanes of at least 4 members (excludes halogenated alkanes) is 1. The maximum atomic E-state index is 13.4. The van der Waals surface area contributed by atoms with Gasteiger partial charge in [-0.25, -0.2) is 4.79 Å². The van der Waals surface area contributed by atoms with Gasteiger partial charge in [0.1, 0.15) is 18.1 Å². The Bertz CT molecular complexity index is 848. The van der Waals surface area contributed by atoms with Crippen molar-refractivity contribution in [1.29, 1.82) is 0 Å². The van der Waals surface area contributed by atoms with E-state index in [9.17, 15) is 24.3 Å². The number of amides is 3. The van der Waals surface area contributed by atoms with E-state index < -0.39 is 47.9 Å². The van der Waals surface area contributed by atoms with Gasteiger partial charge in [-0.2, -0.15) is 0 Å². The van der Waals surface area contributed by atoms with Crippen LogP contribution in [0, 0.1) is 11.8 Å². The fourth-order valence-electron chi connectivity index (χ4n) is 3.64. The molecule has 36 heavy (non-hydrogen) atoms. The molecule has 1 rings (SSSR count). The van der Waals surface area contributed by atoms with Crippen molar-refractivity contribution < 1.29 is 24.3 Å². The van der Waals surface area contributed by atoms with Crippen LogP contribution in [0.5, 0.6) is 0 Å². The van der Waals surface area contributed by atoms with Crippen molar-refractivity contribution in [3.05, 3.63) is 35.9 Å². The van der Waals surface area contributed by atoms with Crippen LogP contribution in [0.4, 0.5) is 0 Å². The van der Waals surface area contributed by atoms with Crippen LogP contribution >= 0.6 is 0 Å². The maximum absolute atomic E-state index is 13.4. The highest BCUT2D eigenvalue weighted by Crippen LogP contribution is 2.10. The first-order chi connectivity index (χ1) is 17.0. The highest BCUT2D eigenvalue weighted by Gasteiger charge is 2.31. The number of benzene rings is 1. The van der Waals surface area contributed by atoms with Crippen molar-refractivity contribution in [2.75, 3.05) is 6.54 Å². The molecule has 0 fully saturated rings. The molecule has 0 heterocycles. The average Bonchev–Trinajstić information content (AvgIpc) is 2.85. The Morgan fingerprint density at radius 1 is 0.889 bits per heavy atom. The quantitative estimate of drug-likeness (QED) is 0.181. The SMILES string of the molecule is CCC(C)C(N)C(=O)NC(Cc1ccccc1)C(=O)NC(CCCCN)C(=O)NC(C(=O)O)C(C)C. The first-order valence-corrected chi connectivity index (χ1v) is 12.6. The maximum Gasteiger partial charge on any atom is 0.326 e. The summed E-state index contributed by atoms with van der Waals surface area (Å²) in [6.45, 7) is 7.59. The third-order valence-corrected chi connectivity index (χ3v) is 6.29. The number of aliphatic carboxylic acids is 1. The van der Waals surface area contributed by atoms with Gasteiger partial charge in [0.25, 0.3) is 0 Å². The van der Waals surface area contributed by atoms with Crippen molar-refractivity contribution in [3.63, 3.8) is 0 Å². The molecule has 5 atom stereocenters. The summed E-state index contributed by atoms with van der Waals surface area (Å²) in [4.78, 5) is 50.7. The van der Waals surface area contributed by atoms with Crippen LogP contribution in [0.15, 0.2) is 30.3 Å². The molecule has 0 saturated carbocycles. The van der Waals surface area contributed by atoms with Gasteiger partial charge < -0.3 is 32.5 Å². The van der Waals surface area contributed by atoms with Crippen LogP contribution < -0.4 is 27.4 Å². The van der Waals surface area contributed by atoms with Crippen LogP contribution in [0.3, 0.4) is 0 Å². The molecular weight excluding hydrogens is 462 g/mol. The van der Waals surface area contributed by atoms with Gasteiger partial charge in [-0.3, -0.25) is 14.4 Å². The monoisotopic (exact) mass is 505 g/mol. The first-order valence-electron chi connectivity index (χ1n) is 12.6. The molecule has 10 nitrogen and oxygen atoms in total. The van der Waals surface area contributed by atoms with Gasteiger partial charge >= 0.3 is 5.97 Å². The number of hydrogen-bond acceptors (Lipinski definition) is 6. The van der Waals surface area contributed by atoms with Crippen molar-refractivity contribution in [1.82, 2.24) is 16.0 Å². The molecule has 1 aromatic carbocycles. The number of carboxylic acid groups (broad SMARTS) is 1.